The number of rotatable bonds is 18. The Balaban J connectivity index is 2.15. The van der Waals surface area contributed by atoms with Gasteiger partial charge in [-0.05, 0) is 74.8 Å². The molecule has 0 radical (unpaired) electrons. The quantitative estimate of drug-likeness (QED) is 0.0801. The maximum atomic E-state index is 13.1. The van der Waals surface area contributed by atoms with Crippen molar-refractivity contribution in [2.24, 2.45) is 11.8 Å². The molecule has 2 aromatic rings. The first-order valence-electron chi connectivity index (χ1n) is 15.7. The summed E-state index contributed by atoms with van der Waals surface area (Å²) in [4.78, 5) is 49.2. The van der Waals surface area contributed by atoms with E-state index in [-0.39, 0.29) is 12.3 Å². The van der Waals surface area contributed by atoms with Gasteiger partial charge in [-0.15, -0.1) is 0 Å². The topological polar surface area (TPSA) is 162 Å². The molecule has 2 unspecified atom stereocenters. The predicted molar refractivity (Wildman–Crippen MR) is 180 cm³/mol. The van der Waals surface area contributed by atoms with Gasteiger partial charge in [0.05, 0.1) is 23.9 Å². The molecule has 0 bridgehead atoms. The summed E-state index contributed by atoms with van der Waals surface area (Å²) < 4.78 is 35.5. The van der Waals surface area contributed by atoms with Crippen molar-refractivity contribution in [3.8, 4) is 0 Å². The number of carbonyl (C=O) groups excluding carboxylic acids is 3. The number of benzene rings is 2. The maximum Gasteiger partial charge on any atom is 0.510 e. The number of hydrogen-bond donors (Lipinski definition) is 3. The molecule has 0 aliphatic heterocycles. The van der Waals surface area contributed by atoms with E-state index >= 15 is 0 Å². The Morgan fingerprint density at radius 3 is 2.02 bits per heavy atom. The minimum Gasteiger partial charge on any atom is -0.438 e. The number of hydrogen-bond acceptors (Lipinski definition) is 10. The van der Waals surface area contributed by atoms with Crippen LogP contribution in [0.5, 0.6) is 0 Å². The summed E-state index contributed by atoms with van der Waals surface area (Å²) in [6.45, 7) is 15.5. The van der Waals surface area contributed by atoms with E-state index in [9.17, 15) is 23.8 Å². The van der Waals surface area contributed by atoms with Crippen molar-refractivity contribution >= 4 is 43.0 Å². The molecule has 2 rings (SSSR count). The Morgan fingerprint density at radius 2 is 1.47 bits per heavy atom. The fourth-order valence-electron chi connectivity index (χ4n) is 4.58. The molecule has 14 heteroatoms. The second-order valence-electron chi connectivity index (χ2n) is 12.3. The van der Waals surface area contributed by atoms with Gasteiger partial charge in [-0.25, -0.2) is 23.2 Å². The van der Waals surface area contributed by atoms with Gasteiger partial charge < -0.3 is 34.6 Å². The Bertz CT molecular complexity index is 1340. The number of ether oxygens (including phenoxy) is 3. The summed E-state index contributed by atoms with van der Waals surface area (Å²) in [5, 5.41) is 5.90. The van der Waals surface area contributed by atoms with E-state index in [0.717, 1.165) is 29.9 Å². The Kier molecular flexibility index (Phi) is 16.2. The highest BCUT2D eigenvalue weighted by Gasteiger charge is 2.25. The number of anilines is 3. The normalized spacial score (nSPS) is 13.2. The van der Waals surface area contributed by atoms with E-state index in [1.807, 2.05) is 56.3 Å². The van der Waals surface area contributed by atoms with Crippen LogP contribution in [-0.4, -0.2) is 55.8 Å². The number of nitrogens with zero attached hydrogens (tertiary/aromatic N) is 1. The van der Waals surface area contributed by atoms with Gasteiger partial charge in [0.25, 0.3) is 0 Å². The van der Waals surface area contributed by atoms with Gasteiger partial charge in [0, 0.05) is 18.8 Å². The SMILES string of the molecule is CCC(CC(=O)OCOP(=O)(O)OCOC(=O)OC(C)C)c1ccc(N(CC(C)C)CC(C)C)c(NC(=O)Nc2ccc(C)cc2)c1. The molecule has 0 spiro atoms. The number of amides is 2. The summed E-state index contributed by atoms with van der Waals surface area (Å²) in [7, 11) is -4.68. The highest BCUT2D eigenvalue weighted by molar-refractivity contribution is 7.47. The van der Waals surface area contributed by atoms with Gasteiger partial charge in [0.1, 0.15) is 0 Å². The molecule has 0 aromatic heterocycles. The first-order valence-corrected chi connectivity index (χ1v) is 17.2. The molecule has 13 nitrogen and oxygen atoms in total. The zero-order chi connectivity index (χ0) is 35.1. The van der Waals surface area contributed by atoms with Gasteiger partial charge in [-0.1, -0.05) is 58.4 Å². The van der Waals surface area contributed by atoms with Crippen molar-refractivity contribution in [1.82, 2.24) is 0 Å². The van der Waals surface area contributed by atoms with Crippen LogP contribution in [-0.2, 0) is 32.6 Å². The smallest absolute Gasteiger partial charge is 0.438 e. The lowest BCUT2D eigenvalue weighted by atomic mass is 9.92. The van der Waals surface area contributed by atoms with Gasteiger partial charge in [0.2, 0.25) is 13.6 Å². The Morgan fingerprint density at radius 1 is 0.872 bits per heavy atom. The van der Waals surface area contributed by atoms with Gasteiger partial charge in [-0.2, -0.15) is 0 Å². The minimum absolute atomic E-state index is 0.0589. The van der Waals surface area contributed by atoms with Crippen molar-refractivity contribution in [2.45, 2.75) is 80.3 Å². The third kappa shape index (κ3) is 15.2. The molecule has 2 amide bonds. The standard InChI is InChI=1S/C33H50N3O10P/c1-9-26(17-31(37)42-20-44-47(40,41)45-21-43-33(39)46-24(6)7)27-12-15-30(36(18-22(2)3)19-23(4)5)29(16-27)35-32(38)34-28-13-10-25(8)11-14-28/h10-16,22-24,26H,9,17-21H2,1-8H3,(H,40,41)(H2,34,35,38). The van der Waals surface area contributed by atoms with Gasteiger partial charge in [-0.3, -0.25) is 4.79 Å². The highest BCUT2D eigenvalue weighted by atomic mass is 31.2. The average Bonchev–Trinajstić information content (AvgIpc) is 2.95. The Labute approximate surface area is 277 Å². The fourth-order valence-corrected chi connectivity index (χ4v) is 5.03. The van der Waals surface area contributed by atoms with Crippen molar-refractivity contribution in [1.29, 1.82) is 0 Å². The fraction of sp³-hybridized carbons (Fsp3) is 0.545. The molecule has 0 fully saturated rings. The van der Waals surface area contributed by atoms with E-state index < -0.39 is 45.7 Å². The zero-order valence-electron chi connectivity index (χ0n) is 28.6. The minimum atomic E-state index is -4.68. The average molecular weight is 680 g/mol. The number of phosphoric ester groups is 1. The lowest BCUT2D eigenvalue weighted by Crippen LogP contribution is -2.32. The van der Waals surface area contributed by atoms with Crippen LogP contribution >= 0.6 is 7.82 Å². The molecule has 0 aliphatic carbocycles. The van der Waals surface area contributed by atoms with Gasteiger partial charge in [0.15, 0.2) is 0 Å². The van der Waals surface area contributed by atoms with Crippen LogP contribution in [0.3, 0.4) is 0 Å². The van der Waals surface area contributed by atoms with Crippen LogP contribution in [0.25, 0.3) is 0 Å². The lowest BCUT2D eigenvalue weighted by molar-refractivity contribution is -0.151. The summed E-state index contributed by atoms with van der Waals surface area (Å²) in [6, 6.07) is 12.9. The van der Waals surface area contributed by atoms with E-state index in [1.165, 1.54) is 0 Å². The molecule has 0 saturated carbocycles. The summed E-state index contributed by atoms with van der Waals surface area (Å²) >= 11 is 0. The summed E-state index contributed by atoms with van der Waals surface area (Å²) in [6.07, 6.45) is -1.02. The molecular formula is C33H50N3O10P. The molecule has 0 heterocycles. The number of esters is 1. The largest absolute Gasteiger partial charge is 0.510 e. The summed E-state index contributed by atoms with van der Waals surface area (Å²) in [5.41, 5.74) is 3.99. The Hall–Kier alpha value is -3.64. The first-order chi connectivity index (χ1) is 22.1. The molecule has 262 valence electrons. The molecule has 3 N–H and O–H groups in total. The summed E-state index contributed by atoms with van der Waals surface area (Å²) in [5.74, 6) is -0.225. The number of phosphoric acid groups is 1. The first kappa shape index (κ1) is 39.5. The molecule has 0 saturated heterocycles. The molecule has 0 aliphatic rings. The predicted octanol–water partition coefficient (Wildman–Crippen LogP) is 7.79. The van der Waals surface area contributed by atoms with Crippen molar-refractivity contribution < 1.29 is 47.1 Å². The van der Waals surface area contributed by atoms with Crippen molar-refractivity contribution in [3.63, 3.8) is 0 Å². The highest BCUT2D eigenvalue weighted by Crippen LogP contribution is 2.43. The number of nitrogens with one attached hydrogen (secondary N) is 2. The molecular weight excluding hydrogens is 629 g/mol. The molecule has 2 atom stereocenters. The second kappa shape index (κ2) is 19.2. The second-order valence-corrected chi connectivity index (χ2v) is 13.7. The van der Waals surface area contributed by atoms with Crippen LogP contribution in [0.4, 0.5) is 26.7 Å². The van der Waals surface area contributed by atoms with E-state index in [1.54, 1.807) is 13.8 Å². The number of urea groups is 1. The van der Waals surface area contributed by atoms with Crippen LogP contribution in [0.1, 0.15) is 78.4 Å². The van der Waals surface area contributed by atoms with Crippen LogP contribution in [0, 0.1) is 18.8 Å². The van der Waals surface area contributed by atoms with Crippen LogP contribution in [0.15, 0.2) is 42.5 Å². The van der Waals surface area contributed by atoms with Crippen LogP contribution < -0.4 is 15.5 Å². The van der Waals surface area contributed by atoms with E-state index in [4.69, 9.17) is 9.47 Å². The van der Waals surface area contributed by atoms with Crippen LogP contribution in [0.2, 0.25) is 0 Å². The third-order valence-electron chi connectivity index (χ3n) is 6.63. The number of aryl methyl sites for hydroxylation is 1. The van der Waals surface area contributed by atoms with E-state index in [0.29, 0.717) is 29.6 Å². The lowest BCUT2D eigenvalue weighted by Gasteiger charge is -2.31. The third-order valence-corrected chi connectivity index (χ3v) is 7.49. The molecule has 47 heavy (non-hydrogen) atoms. The maximum absolute atomic E-state index is 13.1. The van der Waals surface area contributed by atoms with E-state index in [2.05, 4.69) is 57.0 Å². The molecule has 2 aromatic carbocycles. The zero-order valence-corrected chi connectivity index (χ0v) is 29.5. The van der Waals surface area contributed by atoms with Gasteiger partial charge >= 0.3 is 26.0 Å². The monoisotopic (exact) mass is 679 g/mol. The van der Waals surface area contributed by atoms with Crippen molar-refractivity contribution in [3.05, 3.63) is 53.6 Å². The number of carbonyl (C=O) groups is 3. The van der Waals surface area contributed by atoms with Crippen molar-refractivity contribution in [2.75, 3.05) is 42.2 Å².